The van der Waals surface area contributed by atoms with E-state index in [-0.39, 0.29) is 6.29 Å². The third kappa shape index (κ3) is 10.5. The smallest absolute Gasteiger partial charge is 0.154 e. The molecule has 0 fully saturated rings. The van der Waals surface area contributed by atoms with E-state index in [4.69, 9.17) is 9.47 Å². The van der Waals surface area contributed by atoms with Crippen LogP contribution in [-0.2, 0) is 14.3 Å². The fraction of sp³-hybridized carbons (Fsp3) is 0.929. The Bertz CT molecular complexity index is 182. The molecule has 0 saturated heterocycles. The third-order valence-corrected chi connectivity index (χ3v) is 2.91. The first kappa shape index (κ1) is 16.6. The average Bonchev–Trinajstić information content (AvgIpc) is 2.27. The molecule has 0 aromatic carbocycles. The van der Waals surface area contributed by atoms with Crippen LogP contribution in [0, 0.1) is 11.8 Å². The highest BCUT2D eigenvalue weighted by Crippen LogP contribution is 2.15. The highest BCUT2D eigenvalue weighted by Gasteiger charge is 2.07. The van der Waals surface area contributed by atoms with Crippen LogP contribution < -0.4 is 0 Å². The maximum absolute atomic E-state index is 10.3. The Labute approximate surface area is 106 Å². The fourth-order valence-electron chi connectivity index (χ4n) is 1.76. The first-order valence-electron chi connectivity index (χ1n) is 6.76. The van der Waals surface area contributed by atoms with Crippen molar-refractivity contribution in [2.75, 3.05) is 13.2 Å². The molecular weight excluding hydrogens is 216 g/mol. The number of aldehydes is 1. The summed E-state index contributed by atoms with van der Waals surface area (Å²) in [7, 11) is 0. The van der Waals surface area contributed by atoms with Crippen LogP contribution in [0.1, 0.15) is 53.4 Å². The molecule has 0 aliphatic carbocycles. The quantitative estimate of drug-likeness (QED) is 0.413. The van der Waals surface area contributed by atoms with Gasteiger partial charge in [0.2, 0.25) is 0 Å². The van der Waals surface area contributed by atoms with Gasteiger partial charge in [-0.25, -0.2) is 0 Å². The summed E-state index contributed by atoms with van der Waals surface area (Å²) in [5.74, 6) is 1.07. The van der Waals surface area contributed by atoms with E-state index >= 15 is 0 Å². The van der Waals surface area contributed by atoms with Gasteiger partial charge in [-0.1, -0.05) is 26.7 Å². The van der Waals surface area contributed by atoms with Crippen LogP contribution in [-0.4, -0.2) is 25.8 Å². The topological polar surface area (TPSA) is 35.5 Å². The zero-order valence-corrected chi connectivity index (χ0v) is 11.8. The van der Waals surface area contributed by atoms with Crippen molar-refractivity contribution >= 4 is 6.29 Å². The Balaban J connectivity index is 3.45. The van der Waals surface area contributed by atoms with Crippen molar-refractivity contribution in [3.05, 3.63) is 0 Å². The molecule has 0 aromatic rings. The van der Waals surface area contributed by atoms with Crippen LogP contribution in [0.5, 0.6) is 0 Å². The summed E-state index contributed by atoms with van der Waals surface area (Å²) in [6, 6.07) is 0. The molecule has 0 N–H and O–H groups in total. The number of rotatable bonds is 11. The van der Waals surface area contributed by atoms with Crippen molar-refractivity contribution in [2.24, 2.45) is 11.8 Å². The zero-order chi connectivity index (χ0) is 13.1. The van der Waals surface area contributed by atoms with Crippen molar-refractivity contribution in [1.82, 2.24) is 0 Å². The van der Waals surface area contributed by atoms with E-state index in [1.165, 1.54) is 6.42 Å². The molecule has 0 bridgehead atoms. The summed E-state index contributed by atoms with van der Waals surface area (Å²) < 4.78 is 10.9. The van der Waals surface area contributed by atoms with E-state index in [1.54, 1.807) is 0 Å². The van der Waals surface area contributed by atoms with Crippen molar-refractivity contribution in [2.45, 2.75) is 59.7 Å². The monoisotopic (exact) mass is 244 g/mol. The van der Waals surface area contributed by atoms with Gasteiger partial charge >= 0.3 is 0 Å². The number of carbonyl (C=O) groups excluding carboxylic acids is 1. The summed E-state index contributed by atoms with van der Waals surface area (Å²) >= 11 is 0. The van der Waals surface area contributed by atoms with Gasteiger partial charge in [-0.2, -0.15) is 0 Å². The fourth-order valence-corrected chi connectivity index (χ4v) is 1.76. The van der Waals surface area contributed by atoms with Gasteiger partial charge in [0, 0.05) is 13.0 Å². The second kappa shape index (κ2) is 10.7. The lowest BCUT2D eigenvalue weighted by atomic mass is 9.97. The van der Waals surface area contributed by atoms with Crippen molar-refractivity contribution in [3.63, 3.8) is 0 Å². The van der Waals surface area contributed by atoms with Gasteiger partial charge in [0.1, 0.15) is 6.29 Å². The maximum atomic E-state index is 10.3. The van der Waals surface area contributed by atoms with Gasteiger partial charge in [-0.05, 0) is 32.1 Å². The van der Waals surface area contributed by atoms with E-state index in [0.29, 0.717) is 24.9 Å². The lowest BCUT2D eigenvalue weighted by molar-refractivity contribution is -0.134. The van der Waals surface area contributed by atoms with Crippen molar-refractivity contribution in [1.29, 1.82) is 0 Å². The second-order valence-electron chi connectivity index (χ2n) is 4.90. The molecule has 0 heterocycles. The molecule has 3 heteroatoms. The van der Waals surface area contributed by atoms with E-state index in [9.17, 15) is 4.79 Å². The van der Waals surface area contributed by atoms with Crippen LogP contribution in [0.15, 0.2) is 0 Å². The Morgan fingerprint density at radius 3 is 2.29 bits per heavy atom. The van der Waals surface area contributed by atoms with Gasteiger partial charge < -0.3 is 14.3 Å². The van der Waals surface area contributed by atoms with Crippen LogP contribution in [0.2, 0.25) is 0 Å². The zero-order valence-electron chi connectivity index (χ0n) is 11.8. The normalized spacial score (nSPS) is 16.5. The SMILES string of the molecule is CCOC(C)OC[C@@H](C)CCC[C@@H](C)CC=O. The minimum absolute atomic E-state index is 0.101. The third-order valence-electron chi connectivity index (χ3n) is 2.91. The number of hydrogen-bond donors (Lipinski definition) is 0. The summed E-state index contributed by atoms with van der Waals surface area (Å²) in [4.78, 5) is 10.3. The van der Waals surface area contributed by atoms with E-state index < -0.39 is 0 Å². The molecule has 3 atom stereocenters. The Kier molecular flexibility index (Phi) is 10.5. The number of carbonyl (C=O) groups is 1. The molecule has 0 spiro atoms. The van der Waals surface area contributed by atoms with E-state index in [2.05, 4.69) is 13.8 Å². The van der Waals surface area contributed by atoms with Gasteiger partial charge in [-0.3, -0.25) is 0 Å². The summed E-state index contributed by atoms with van der Waals surface area (Å²) in [5.41, 5.74) is 0. The minimum Gasteiger partial charge on any atom is -0.353 e. The van der Waals surface area contributed by atoms with Gasteiger partial charge in [0.05, 0.1) is 6.61 Å². The highest BCUT2D eigenvalue weighted by atomic mass is 16.7. The van der Waals surface area contributed by atoms with E-state index in [1.807, 2.05) is 13.8 Å². The summed E-state index contributed by atoms with van der Waals surface area (Å²) in [5, 5.41) is 0. The molecule has 0 aliphatic rings. The number of hydrogen-bond acceptors (Lipinski definition) is 3. The molecule has 0 amide bonds. The van der Waals surface area contributed by atoms with Gasteiger partial charge in [0.25, 0.3) is 0 Å². The molecule has 1 unspecified atom stereocenters. The molecule has 3 nitrogen and oxygen atoms in total. The largest absolute Gasteiger partial charge is 0.353 e. The Morgan fingerprint density at radius 2 is 1.71 bits per heavy atom. The maximum Gasteiger partial charge on any atom is 0.154 e. The summed E-state index contributed by atoms with van der Waals surface area (Å²) in [6.45, 7) is 9.68. The molecular formula is C14H28O3. The van der Waals surface area contributed by atoms with Crippen molar-refractivity contribution < 1.29 is 14.3 Å². The van der Waals surface area contributed by atoms with E-state index in [0.717, 1.165) is 25.7 Å². The molecule has 17 heavy (non-hydrogen) atoms. The molecule has 0 saturated carbocycles. The first-order valence-corrected chi connectivity index (χ1v) is 6.76. The Hall–Kier alpha value is -0.410. The molecule has 0 aromatic heterocycles. The molecule has 102 valence electrons. The van der Waals surface area contributed by atoms with Gasteiger partial charge in [-0.15, -0.1) is 0 Å². The predicted molar refractivity (Wildman–Crippen MR) is 69.9 cm³/mol. The number of ether oxygens (including phenoxy) is 2. The first-order chi connectivity index (χ1) is 8.10. The average molecular weight is 244 g/mol. The Morgan fingerprint density at radius 1 is 1.06 bits per heavy atom. The molecule has 0 radical (unpaired) electrons. The lowest BCUT2D eigenvalue weighted by Gasteiger charge is -2.17. The standard InChI is InChI=1S/C14H28O3/c1-5-16-14(4)17-11-13(3)8-6-7-12(2)9-10-15/h10,12-14H,5-9,11H2,1-4H3/t12-,13+,14?/m1/s1. The van der Waals surface area contributed by atoms with Crippen LogP contribution >= 0.6 is 0 Å². The van der Waals surface area contributed by atoms with Crippen LogP contribution in [0.3, 0.4) is 0 Å². The summed E-state index contributed by atoms with van der Waals surface area (Å²) in [6.07, 6.45) is 5.05. The molecule has 0 aliphatic heterocycles. The second-order valence-corrected chi connectivity index (χ2v) is 4.90. The molecule has 0 rings (SSSR count). The highest BCUT2D eigenvalue weighted by molar-refractivity contribution is 5.49. The van der Waals surface area contributed by atoms with Gasteiger partial charge in [0.15, 0.2) is 6.29 Å². The minimum atomic E-state index is -0.101. The van der Waals surface area contributed by atoms with Crippen LogP contribution in [0.4, 0.5) is 0 Å². The van der Waals surface area contributed by atoms with Crippen molar-refractivity contribution in [3.8, 4) is 0 Å². The lowest BCUT2D eigenvalue weighted by Crippen LogP contribution is -2.17. The van der Waals surface area contributed by atoms with Crippen LogP contribution in [0.25, 0.3) is 0 Å². The predicted octanol–water partition coefficient (Wildman–Crippen LogP) is 3.42.